The van der Waals surface area contributed by atoms with E-state index in [0.29, 0.717) is 42.9 Å². The Balaban J connectivity index is 1.32. The van der Waals surface area contributed by atoms with E-state index in [2.05, 4.69) is 5.32 Å². The molecule has 2 amide bonds. The molecular formula is C31H33N3O6S. The van der Waals surface area contributed by atoms with E-state index in [1.165, 1.54) is 4.31 Å². The summed E-state index contributed by atoms with van der Waals surface area (Å²) < 4.78 is 41.8. The highest BCUT2D eigenvalue weighted by Gasteiger charge is 2.74. The number of rotatable bonds is 5. The number of nitrogens with one attached hydrogen (secondary N) is 1. The fourth-order valence-corrected chi connectivity index (χ4v) is 9.61. The highest BCUT2D eigenvalue weighted by molar-refractivity contribution is 7.89. The van der Waals surface area contributed by atoms with Crippen molar-refractivity contribution < 1.29 is 27.8 Å². The Hall–Kier alpha value is -3.60. The van der Waals surface area contributed by atoms with Crippen LogP contribution >= 0.6 is 0 Å². The molecule has 2 bridgehead atoms. The number of carbonyl (C=O) groups is 1. The maximum atomic E-state index is 13.9. The van der Waals surface area contributed by atoms with Crippen LogP contribution in [0.25, 0.3) is 0 Å². The molecule has 3 aromatic rings. The lowest BCUT2D eigenvalue weighted by Gasteiger charge is -2.64. The van der Waals surface area contributed by atoms with Crippen molar-refractivity contribution >= 4 is 21.7 Å². The second-order valence-electron chi connectivity index (χ2n) is 11.5. The van der Waals surface area contributed by atoms with Crippen molar-refractivity contribution in [1.82, 2.24) is 9.21 Å². The normalized spacial score (nSPS) is 29.7. The number of ether oxygens (including phenoxy) is 2. The topological polar surface area (TPSA) is 108 Å². The average molecular weight is 576 g/mol. The molecule has 9 nitrogen and oxygen atoms in total. The van der Waals surface area contributed by atoms with Gasteiger partial charge in [-0.05, 0) is 61.6 Å². The summed E-state index contributed by atoms with van der Waals surface area (Å²) in [7, 11) is -0.523. The van der Waals surface area contributed by atoms with Crippen LogP contribution in [0.4, 0.5) is 10.5 Å². The Morgan fingerprint density at radius 3 is 2.49 bits per heavy atom. The van der Waals surface area contributed by atoms with Gasteiger partial charge in [0.15, 0.2) is 11.5 Å². The van der Waals surface area contributed by atoms with Crippen LogP contribution in [0.15, 0.2) is 77.7 Å². The van der Waals surface area contributed by atoms with E-state index in [0.717, 1.165) is 11.1 Å². The van der Waals surface area contributed by atoms with Crippen LogP contribution in [0.2, 0.25) is 0 Å². The number of methoxy groups -OCH3 is 1. The fraction of sp³-hybridized carbons (Fsp3) is 0.387. The van der Waals surface area contributed by atoms with Gasteiger partial charge in [0.2, 0.25) is 10.0 Å². The molecule has 2 N–H and O–H groups in total. The Morgan fingerprint density at radius 2 is 1.78 bits per heavy atom. The van der Waals surface area contributed by atoms with E-state index in [9.17, 15) is 18.3 Å². The van der Waals surface area contributed by atoms with Gasteiger partial charge in [-0.25, -0.2) is 13.2 Å². The van der Waals surface area contributed by atoms with Gasteiger partial charge >= 0.3 is 6.03 Å². The van der Waals surface area contributed by atoms with Gasteiger partial charge in [-0.15, -0.1) is 0 Å². The lowest BCUT2D eigenvalue weighted by Crippen LogP contribution is -2.78. The van der Waals surface area contributed by atoms with E-state index in [4.69, 9.17) is 9.47 Å². The van der Waals surface area contributed by atoms with Crippen molar-refractivity contribution in [2.75, 3.05) is 26.0 Å². The van der Waals surface area contributed by atoms with Crippen molar-refractivity contribution in [2.45, 2.75) is 59.8 Å². The highest BCUT2D eigenvalue weighted by atomic mass is 32.2. The molecule has 3 aromatic carbocycles. The standard InChI is InChI=1S/C31H33N3O6S/c1-33(29(35)32-21-9-5-3-6-10-21)23-15-16-31(36)25-19-20-13-14-24(39-2)27-26(20)30(31,28(23)40-27)17-18-34(25)41(37,38)22-11-7-4-8-12-22/h3-14,23,25,28,36H,15-19H2,1-2H3,(H,32,35)/t23-,25-,28+,30+,31-/m1/s1. The number of amides is 2. The van der Waals surface area contributed by atoms with Gasteiger partial charge in [0.1, 0.15) is 6.10 Å². The Morgan fingerprint density at radius 1 is 1.07 bits per heavy atom. The summed E-state index contributed by atoms with van der Waals surface area (Å²) in [6.07, 6.45) is 0.906. The SMILES string of the molecule is COc1ccc2c3c1O[C@H]1[C@H](N(C)C(=O)Nc4ccccc4)CC[C@@]4(O)[C@@H](C2)N(S(=O)(=O)c2ccccc2)CC[C@]314. The predicted molar refractivity (Wildman–Crippen MR) is 153 cm³/mol. The third-order valence-corrected chi connectivity index (χ3v) is 11.7. The molecule has 1 spiro atoms. The minimum Gasteiger partial charge on any atom is -0.493 e. The van der Waals surface area contributed by atoms with Crippen LogP contribution < -0.4 is 14.8 Å². The zero-order chi connectivity index (χ0) is 28.6. The molecular weight excluding hydrogens is 542 g/mol. The van der Waals surface area contributed by atoms with E-state index in [1.807, 2.05) is 42.5 Å². The van der Waals surface area contributed by atoms with E-state index in [1.54, 1.807) is 49.4 Å². The number of para-hydroxylation sites is 1. The van der Waals surface area contributed by atoms with E-state index < -0.39 is 33.2 Å². The number of carbonyl (C=O) groups excluding carboxylic acids is 1. The number of nitrogens with zero attached hydrogens (tertiary/aromatic N) is 2. The van der Waals surface area contributed by atoms with Crippen LogP contribution in [-0.2, 0) is 21.9 Å². The summed E-state index contributed by atoms with van der Waals surface area (Å²) in [5, 5.41) is 15.7. The molecule has 1 saturated heterocycles. The number of hydrogen-bond donors (Lipinski definition) is 2. The first-order valence-corrected chi connectivity index (χ1v) is 15.4. The molecule has 2 aliphatic heterocycles. The third kappa shape index (κ3) is 3.53. The Labute approximate surface area is 239 Å². The largest absolute Gasteiger partial charge is 0.493 e. The van der Waals surface area contributed by atoms with Crippen molar-refractivity contribution in [1.29, 1.82) is 0 Å². The number of likely N-dealkylation sites (N-methyl/N-ethyl adjacent to an activating group) is 1. The van der Waals surface area contributed by atoms with Gasteiger partial charge in [-0.1, -0.05) is 42.5 Å². The molecule has 214 valence electrons. The highest BCUT2D eigenvalue weighted by Crippen LogP contribution is 2.66. The molecule has 4 aliphatic rings. The minimum atomic E-state index is -3.87. The minimum absolute atomic E-state index is 0.214. The molecule has 7 rings (SSSR count). The first kappa shape index (κ1) is 26.3. The lowest BCUT2D eigenvalue weighted by molar-refractivity contribution is -0.182. The van der Waals surface area contributed by atoms with Crippen LogP contribution in [0, 0.1) is 0 Å². The number of urea groups is 1. The molecule has 0 radical (unpaired) electrons. The molecule has 2 fully saturated rings. The Kier molecular flexibility index (Phi) is 5.91. The van der Waals surface area contributed by atoms with Gasteiger partial charge in [0.25, 0.3) is 0 Å². The maximum Gasteiger partial charge on any atom is 0.321 e. The number of aliphatic hydroxyl groups is 1. The van der Waals surface area contributed by atoms with Crippen LogP contribution in [0.5, 0.6) is 11.5 Å². The maximum absolute atomic E-state index is 13.9. The molecule has 2 heterocycles. The summed E-state index contributed by atoms with van der Waals surface area (Å²) in [5.74, 6) is 1.16. The van der Waals surface area contributed by atoms with Gasteiger partial charge in [0, 0.05) is 24.8 Å². The lowest BCUT2D eigenvalue weighted by atomic mass is 9.48. The zero-order valence-electron chi connectivity index (χ0n) is 23.0. The summed E-state index contributed by atoms with van der Waals surface area (Å²) >= 11 is 0. The Bertz CT molecular complexity index is 1620. The van der Waals surface area contributed by atoms with E-state index in [-0.39, 0.29) is 23.5 Å². The van der Waals surface area contributed by atoms with Gasteiger partial charge in [0.05, 0.1) is 35.1 Å². The molecule has 5 atom stereocenters. The molecule has 2 aliphatic carbocycles. The summed E-state index contributed by atoms with van der Waals surface area (Å²) in [6, 6.07) is 20.2. The summed E-state index contributed by atoms with van der Waals surface area (Å²) in [6.45, 7) is 0.229. The molecule has 1 saturated carbocycles. The monoisotopic (exact) mass is 575 g/mol. The quantitative estimate of drug-likeness (QED) is 0.480. The first-order valence-electron chi connectivity index (χ1n) is 14.0. The fourth-order valence-electron chi connectivity index (χ4n) is 7.93. The van der Waals surface area contributed by atoms with E-state index >= 15 is 0 Å². The smallest absolute Gasteiger partial charge is 0.321 e. The first-order chi connectivity index (χ1) is 19.7. The second kappa shape index (κ2) is 9.20. The van der Waals surface area contributed by atoms with Gasteiger partial charge in [-0.2, -0.15) is 4.31 Å². The van der Waals surface area contributed by atoms with Crippen molar-refractivity contribution in [3.05, 3.63) is 83.9 Å². The van der Waals surface area contributed by atoms with Crippen molar-refractivity contribution in [3.8, 4) is 11.5 Å². The number of benzene rings is 3. The second-order valence-corrected chi connectivity index (χ2v) is 13.4. The summed E-state index contributed by atoms with van der Waals surface area (Å²) in [4.78, 5) is 15.3. The number of piperidine rings is 1. The number of hydrogen-bond acceptors (Lipinski definition) is 6. The average Bonchev–Trinajstić information content (AvgIpc) is 3.33. The number of anilines is 1. The molecule has 0 unspecified atom stereocenters. The predicted octanol–water partition coefficient (Wildman–Crippen LogP) is 3.77. The molecule has 10 heteroatoms. The van der Waals surface area contributed by atoms with Gasteiger partial charge in [-0.3, -0.25) is 0 Å². The van der Waals surface area contributed by atoms with Crippen molar-refractivity contribution in [2.24, 2.45) is 0 Å². The van der Waals surface area contributed by atoms with Gasteiger partial charge < -0.3 is 24.8 Å². The van der Waals surface area contributed by atoms with Crippen LogP contribution in [-0.4, -0.2) is 73.3 Å². The molecule has 0 aromatic heterocycles. The van der Waals surface area contributed by atoms with Crippen LogP contribution in [0.1, 0.15) is 30.4 Å². The summed E-state index contributed by atoms with van der Waals surface area (Å²) in [5.41, 5.74) is 0.242. The molecule has 41 heavy (non-hydrogen) atoms. The zero-order valence-corrected chi connectivity index (χ0v) is 23.8. The van der Waals surface area contributed by atoms with Crippen LogP contribution in [0.3, 0.4) is 0 Å². The van der Waals surface area contributed by atoms with Crippen molar-refractivity contribution in [3.63, 3.8) is 0 Å². The third-order valence-electron chi connectivity index (χ3n) is 9.78. The number of sulfonamides is 1.